The van der Waals surface area contributed by atoms with Crippen molar-refractivity contribution in [3.8, 4) is 11.6 Å². The predicted molar refractivity (Wildman–Crippen MR) is 102 cm³/mol. The molecule has 5 rings (SSSR count). The van der Waals surface area contributed by atoms with Gasteiger partial charge in [-0.15, -0.1) is 0 Å². The first-order valence-corrected chi connectivity index (χ1v) is 9.59. The fraction of sp³-hybridized carbons (Fsp3) is 0.571. The van der Waals surface area contributed by atoms with Gasteiger partial charge in [-0.2, -0.15) is 0 Å². The summed E-state index contributed by atoms with van der Waals surface area (Å²) in [6.45, 7) is 4.48. The number of hydrogen-bond donors (Lipinski definition) is 1. The Hall–Kier alpha value is -1.85. The van der Waals surface area contributed by atoms with Gasteiger partial charge in [-0.05, 0) is 55.0 Å². The Morgan fingerprint density at radius 1 is 1.27 bits per heavy atom. The highest BCUT2D eigenvalue weighted by Crippen LogP contribution is 2.43. The first kappa shape index (κ1) is 17.6. The maximum Gasteiger partial charge on any atom is 0.213 e. The minimum atomic E-state index is -0.554. The van der Waals surface area contributed by atoms with E-state index in [1.54, 1.807) is 14.2 Å². The van der Waals surface area contributed by atoms with Crippen molar-refractivity contribution in [1.29, 1.82) is 0 Å². The van der Waals surface area contributed by atoms with Gasteiger partial charge in [0.15, 0.2) is 0 Å². The average molecular weight is 356 g/mol. The number of aliphatic hydroxyl groups is 1. The predicted octanol–water partition coefficient (Wildman–Crippen LogP) is 3.41. The molecule has 26 heavy (non-hydrogen) atoms. The van der Waals surface area contributed by atoms with E-state index in [0.29, 0.717) is 5.88 Å². The molecule has 1 aromatic carbocycles. The number of piperidine rings is 3. The summed E-state index contributed by atoms with van der Waals surface area (Å²) in [5, 5.41) is 12.3. The van der Waals surface area contributed by atoms with Crippen LogP contribution in [0.15, 0.2) is 24.3 Å². The molecular formula is C21H28N2O3. The summed E-state index contributed by atoms with van der Waals surface area (Å²) in [6, 6.07) is 7.83. The molecule has 0 amide bonds. The Morgan fingerprint density at radius 2 is 2.12 bits per heavy atom. The van der Waals surface area contributed by atoms with Gasteiger partial charge in [-0.1, -0.05) is 13.3 Å². The minimum Gasteiger partial charge on any atom is -0.497 e. The number of nitrogens with zero attached hydrogens (tertiary/aromatic N) is 2. The largest absolute Gasteiger partial charge is 0.497 e. The fourth-order valence-corrected chi connectivity index (χ4v) is 4.86. The molecule has 0 radical (unpaired) electrons. The third kappa shape index (κ3) is 2.93. The molecule has 0 spiro atoms. The van der Waals surface area contributed by atoms with Crippen molar-refractivity contribution in [2.24, 2.45) is 11.8 Å². The third-order valence-electron chi connectivity index (χ3n) is 6.38. The molecule has 5 heteroatoms. The molecule has 1 aromatic heterocycles. The molecule has 2 aromatic rings. The maximum absolute atomic E-state index is 11.3. The molecular weight excluding hydrogens is 328 g/mol. The lowest BCUT2D eigenvalue weighted by Gasteiger charge is -2.51. The van der Waals surface area contributed by atoms with E-state index in [2.05, 4.69) is 16.8 Å². The highest BCUT2D eigenvalue weighted by Gasteiger charge is 2.42. The Labute approximate surface area is 154 Å². The molecule has 3 aliphatic rings. The van der Waals surface area contributed by atoms with E-state index in [9.17, 15) is 5.11 Å². The van der Waals surface area contributed by atoms with Gasteiger partial charge in [0, 0.05) is 24.0 Å². The number of aliphatic hydroxyl groups excluding tert-OH is 1. The molecule has 1 N–H and O–H groups in total. The van der Waals surface area contributed by atoms with Gasteiger partial charge in [0.1, 0.15) is 5.75 Å². The number of fused-ring (bicyclic) bond motifs is 4. The van der Waals surface area contributed by atoms with Gasteiger partial charge < -0.3 is 14.6 Å². The number of rotatable bonds is 5. The summed E-state index contributed by atoms with van der Waals surface area (Å²) in [6.07, 6.45) is 3.00. The number of ether oxygens (including phenoxy) is 2. The first-order valence-electron chi connectivity index (χ1n) is 9.59. The second-order valence-electron chi connectivity index (χ2n) is 7.60. The molecule has 140 valence electrons. The van der Waals surface area contributed by atoms with Crippen LogP contribution < -0.4 is 9.47 Å². The Morgan fingerprint density at radius 3 is 2.77 bits per heavy atom. The SMILES string of the molecule is CC[C@H]1CN2CC[C@H]1C[C@H]2[C@H](O)c1cc(OC)nc2ccc(OC)cc12. The number of aromatic nitrogens is 1. The van der Waals surface area contributed by atoms with Crippen LogP contribution in [0.1, 0.15) is 37.9 Å². The second kappa shape index (κ2) is 7.05. The van der Waals surface area contributed by atoms with Gasteiger partial charge in [0.05, 0.1) is 25.8 Å². The van der Waals surface area contributed by atoms with E-state index in [-0.39, 0.29) is 6.04 Å². The van der Waals surface area contributed by atoms with Crippen LogP contribution in [-0.2, 0) is 0 Å². The van der Waals surface area contributed by atoms with Gasteiger partial charge in [-0.3, -0.25) is 4.90 Å². The van der Waals surface area contributed by atoms with E-state index < -0.39 is 6.10 Å². The van der Waals surface area contributed by atoms with E-state index >= 15 is 0 Å². The number of hydrogen-bond acceptors (Lipinski definition) is 5. The smallest absolute Gasteiger partial charge is 0.213 e. The molecule has 2 bridgehead atoms. The molecule has 3 saturated heterocycles. The molecule has 3 aliphatic heterocycles. The first-order chi connectivity index (χ1) is 12.6. The number of pyridine rings is 1. The van der Waals surface area contributed by atoms with Gasteiger partial charge >= 0.3 is 0 Å². The van der Waals surface area contributed by atoms with Crippen LogP contribution in [0, 0.1) is 11.8 Å². The van der Waals surface area contributed by atoms with Crippen LogP contribution in [-0.4, -0.2) is 48.3 Å². The van der Waals surface area contributed by atoms with Crippen molar-refractivity contribution in [3.63, 3.8) is 0 Å². The van der Waals surface area contributed by atoms with Crippen molar-refractivity contribution in [2.45, 2.75) is 38.3 Å². The summed E-state index contributed by atoms with van der Waals surface area (Å²) < 4.78 is 10.8. The van der Waals surface area contributed by atoms with E-state index in [0.717, 1.165) is 53.6 Å². The summed E-state index contributed by atoms with van der Waals surface area (Å²) in [4.78, 5) is 7.01. The van der Waals surface area contributed by atoms with Crippen LogP contribution in [0.3, 0.4) is 0 Å². The van der Waals surface area contributed by atoms with Crippen LogP contribution in [0.2, 0.25) is 0 Å². The van der Waals surface area contributed by atoms with Crippen molar-refractivity contribution in [3.05, 3.63) is 29.8 Å². The fourth-order valence-electron chi connectivity index (χ4n) is 4.86. The lowest BCUT2D eigenvalue weighted by atomic mass is 9.72. The zero-order valence-corrected chi connectivity index (χ0v) is 15.8. The Bertz CT molecular complexity index is 794. The Balaban J connectivity index is 1.73. The standard InChI is InChI=1S/C21H28N2O3/c1-4-13-12-23-8-7-14(13)9-19(23)21(24)17-11-20(26-3)22-18-6-5-15(25-2)10-16(17)18/h5-6,10-11,13-14,19,21,24H,4,7-9,12H2,1-3H3/t13-,14-,19-,21+/m0/s1. The highest BCUT2D eigenvalue weighted by molar-refractivity contribution is 5.84. The van der Waals surface area contributed by atoms with Gasteiger partial charge in [0.2, 0.25) is 5.88 Å². The topological polar surface area (TPSA) is 54.8 Å². The summed E-state index contributed by atoms with van der Waals surface area (Å²) in [5.41, 5.74) is 1.71. The van der Waals surface area contributed by atoms with Crippen LogP contribution >= 0.6 is 0 Å². The minimum absolute atomic E-state index is 0.165. The number of benzene rings is 1. The molecule has 0 aliphatic carbocycles. The second-order valence-corrected chi connectivity index (χ2v) is 7.60. The van der Waals surface area contributed by atoms with Crippen molar-refractivity contribution in [2.75, 3.05) is 27.3 Å². The monoisotopic (exact) mass is 356 g/mol. The highest BCUT2D eigenvalue weighted by atomic mass is 16.5. The Kier molecular flexibility index (Phi) is 4.76. The number of methoxy groups -OCH3 is 2. The lowest BCUT2D eigenvalue weighted by Crippen LogP contribution is -2.55. The molecule has 5 atom stereocenters. The zero-order valence-electron chi connectivity index (χ0n) is 15.8. The van der Waals surface area contributed by atoms with Crippen molar-refractivity contribution >= 4 is 10.9 Å². The molecule has 4 heterocycles. The van der Waals surface area contributed by atoms with E-state index in [4.69, 9.17) is 9.47 Å². The lowest BCUT2D eigenvalue weighted by molar-refractivity contribution is -0.0562. The van der Waals surface area contributed by atoms with E-state index in [1.807, 2.05) is 24.3 Å². The summed E-state index contributed by atoms with van der Waals surface area (Å²) >= 11 is 0. The van der Waals surface area contributed by atoms with Crippen molar-refractivity contribution < 1.29 is 14.6 Å². The molecule has 5 nitrogen and oxygen atoms in total. The summed E-state index contributed by atoms with van der Waals surface area (Å²) in [7, 11) is 3.27. The van der Waals surface area contributed by atoms with Crippen LogP contribution in [0.5, 0.6) is 11.6 Å². The molecule has 3 fully saturated rings. The van der Waals surface area contributed by atoms with Crippen LogP contribution in [0.25, 0.3) is 10.9 Å². The summed E-state index contributed by atoms with van der Waals surface area (Å²) in [5.74, 6) is 2.82. The van der Waals surface area contributed by atoms with Gasteiger partial charge in [0.25, 0.3) is 0 Å². The van der Waals surface area contributed by atoms with Gasteiger partial charge in [-0.25, -0.2) is 4.98 Å². The molecule has 1 unspecified atom stereocenters. The normalized spacial score (nSPS) is 28.9. The quantitative estimate of drug-likeness (QED) is 0.890. The zero-order chi connectivity index (χ0) is 18.3. The van der Waals surface area contributed by atoms with Crippen molar-refractivity contribution in [1.82, 2.24) is 9.88 Å². The van der Waals surface area contributed by atoms with Crippen LogP contribution in [0.4, 0.5) is 0 Å². The average Bonchev–Trinajstić information content (AvgIpc) is 2.72. The van der Waals surface area contributed by atoms with E-state index in [1.165, 1.54) is 12.8 Å². The third-order valence-corrected chi connectivity index (χ3v) is 6.38. The maximum atomic E-state index is 11.3. The molecule has 0 saturated carbocycles.